The van der Waals surface area contributed by atoms with Crippen molar-refractivity contribution in [2.75, 3.05) is 16.9 Å². The number of amides is 4. The first-order valence-electron chi connectivity index (χ1n) is 25.1. The number of aliphatic hydroxyl groups excluding tert-OH is 1. The lowest BCUT2D eigenvalue weighted by Gasteiger charge is -2.34. The fraction of sp³-hybridized carbons (Fsp3) is 0.133. The number of anilines is 2. The quantitative estimate of drug-likeness (QED) is 0.0793. The van der Waals surface area contributed by atoms with E-state index in [0.717, 1.165) is 51.1 Å². The summed E-state index contributed by atoms with van der Waals surface area (Å²) in [4.78, 5) is 55.9. The zero-order valence-corrected chi connectivity index (χ0v) is 51.3. The van der Waals surface area contributed by atoms with Gasteiger partial charge in [-0.2, -0.15) is 0 Å². The second-order valence-corrected chi connectivity index (χ2v) is 40.0. The topological polar surface area (TPSA) is 163 Å². The summed E-state index contributed by atoms with van der Waals surface area (Å²) in [5, 5.41) is 30.1. The van der Waals surface area contributed by atoms with Crippen LogP contribution in [0.5, 0.6) is 40.2 Å². The van der Waals surface area contributed by atoms with Crippen LogP contribution in [-0.4, -0.2) is 46.1 Å². The lowest BCUT2D eigenvalue weighted by molar-refractivity contribution is 0.0910. The Morgan fingerprint density at radius 3 is 1.30 bits per heavy atom. The summed E-state index contributed by atoms with van der Waals surface area (Å²) >= 11 is 0. The number of aromatic hydroxyl groups is 2. The first-order valence-corrected chi connectivity index (χ1v) is 37.0. The Balaban J connectivity index is 0.000000625. The van der Waals surface area contributed by atoms with Crippen LogP contribution in [0.4, 0.5) is 11.4 Å². The normalized spacial score (nSPS) is 13.8. The van der Waals surface area contributed by atoms with Crippen molar-refractivity contribution in [2.45, 2.75) is 46.1 Å². The van der Waals surface area contributed by atoms with Crippen molar-refractivity contribution < 1.29 is 48.7 Å². The number of rotatable bonds is 12. The average Bonchev–Trinajstić information content (AvgIpc) is 3.06. The largest absolute Gasteiger partial charge is 0.508 e. The van der Waals surface area contributed by atoms with Gasteiger partial charge in [0, 0.05) is 17.7 Å². The van der Waals surface area contributed by atoms with Crippen molar-refractivity contribution in [3.8, 4) is 51.4 Å². The van der Waals surface area contributed by atoms with Crippen LogP contribution in [0.1, 0.15) is 103 Å². The number of nitrogens with zero attached hydrogens (tertiary/aromatic N) is 2. The van der Waals surface area contributed by atoms with E-state index in [1.807, 2.05) is 86.6 Å². The lowest BCUT2D eigenvalue weighted by Crippen LogP contribution is -2.29. The third-order valence-corrected chi connectivity index (χ3v) is 43.5. The highest BCUT2D eigenvalue weighted by Gasteiger charge is 2.46. The molecule has 19 heteroatoms. The van der Waals surface area contributed by atoms with Crippen LogP contribution in [0.3, 0.4) is 0 Å². The molecule has 6 unspecified atom stereocenters. The number of phenolic OH excluding ortho intramolecular Hbond substituents is 1. The van der Waals surface area contributed by atoms with Crippen LogP contribution in [-0.2, 0) is 12.0 Å². The Kier molecular flexibility index (Phi) is 19.5. The average molecular weight is 1180 g/mol. The molecule has 6 atom stereocenters. The molecule has 8 aromatic carbocycles. The third kappa shape index (κ3) is 11.7. The van der Waals surface area contributed by atoms with E-state index in [9.17, 15) is 34.5 Å². The first-order chi connectivity index (χ1) is 38.2. The predicted octanol–water partition coefficient (Wildman–Crippen LogP) is 16.2. The molecule has 0 bridgehead atoms. The molecule has 8 aromatic rings. The van der Waals surface area contributed by atoms with Crippen LogP contribution in [0.25, 0.3) is 11.1 Å². The zero-order valence-electron chi connectivity index (χ0n) is 43.9. The molecule has 3 N–H and O–H groups in total. The Bertz CT molecular complexity index is 3360. The number of carbonyl (C=O) groups is 4. The maximum absolute atomic E-state index is 13.6. The van der Waals surface area contributed by atoms with E-state index in [0.29, 0.717) is 23.0 Å². The molecule has 3 aliphatic rings. The van der Waals surface area contributed by atoms with Gasteiger partial charge in [0.05, 0.1) is 52.8 Å². The number of methoxy groups -OCH3 is 1. The number of hydrogen-bond donors (Lipinski definition) is 3. The highest BCUT2D eigenvalue weighted by atomic mass is 33.0. The molecular weight excluding hydrogens is 1130 g/mol. The van der Waals surface area contributed by atoms with Gasteiger partial charge in [-0.15, -0.1) is 35.7 Å². The summed E-state index contributed by atoms with van der Waals surface area (Å²) in [5.41, 5.74) is 6.95. The second-order valence-electron chi connectivity index (χ2n) is 17.8. The summed E-state index contributed by atoms with van der Waals surface area (Å²) < 4.78 is 17.7. The van der Waals surface area contributed by atoms with Crippen molar-refractivity contribution in [2.24, 2.45) is 0 Å². The predicted molar refractivity (Wildman–Crippen MR) is 336 cm³/mol. The molecule has 1 aliphatic carbocycles. The highest BCUT2D eigenvalue weighted by molar-refractivity contribution is 8.98. The van der Waals surface area contributed by atoms with Crippen molar-refractivity contribution in [3.63, 3.8) is 0 Å². The van der Waals surface area contributed by atoms with E-state index in [-0.39, 0.29) is 70.4 Å². The van der Waals surface area contributed by atoms with Crippen molar-refractivity contribution >= 4 is 92.6 Å². The van der Waals surface area contributed by atoms with Crippen LogP contribution in [0, 0.1) is 0 Å². The Labute approximate surface area is 473 Å². The molecule has 0 saturated heterocycles. The molecule has 2 heterocycles. The summed E-state index contributed by atoms with van der Waals surface area (Å²) in [6.45, 7) is 8.31. The molecule has 79 heavy (non-hydrogen) atoms. The minimum absolute atomic E-state index is 0.161. The number of carbonyl (C=O) groups excluding carboxylic acids is 4. The molecular formula is C60H59N2O10P7. The van der Waals surface area contributed by atoms with E-state index in [1.165, 1.54) is 56.0 Å². The monoisotopic (exact) mass is 1180 g/mol. The van der Waals surface area contributed by atoms with Gasteiger partial charge in [0.15, 0.2) is 11.5 Å². The SMILES string of the molecule is CC.CCC.COc1ccc(N2C(=O)c3ccc(Oc4ccc(C5(c6ccc(Oc7ccc8c(c7)C(=O)N(c7ccc(CO)c(O)c7)C8=O)cc6)c6ccccc6-c6ccccc65)cc4)cc3C2=O)cc1O.PPP(P)P(P)P. The standard InChI is InChI=1S/C55H36N2O10.C3H8.C2H6.H9P7/c1-65-50-25-16-35(27-49(50)60)57-52(62)43-24-22-39(29-45(43)54(57)64)67-37-19-13-33(14-20-37)55(46-8-4-2-6-40(46)41-7-3-5-9-47(41)55)32-11-17-36(18-12-32)66-38-21-23-42-44(28-38)53(63)56(51(42)61)34-15-10-31(30-58)48(59)26-34;1-3-2;1-2;1-5-7(4)6(2)3/h2-29,58-60H,30H2,1H3;3H2,1-2H3;1-2H3;5H,1-4H2. The zero-order chi connectivity index (χ0) is 56.7. The molecule has 0 saturated carbocycles. The van der Waals surface area contributed by atoms with E-state index in [1.54, 1.807) is 30.3 Å². The van der Waals surface area contributed by atoms with Gasteiger partial charge in [0.1, 0.15) is 28.7 Å². The molecule has 0 aromatic heterocycles. The number of ether oxygens (including phenoxy) is 3. The van der Waals surface area contributed by atoms with Gasteiger partial charge in [0.25, 0.3) is 23.6 Å². The van der Waals surface area contributed by atoms with Gasteiger partial charge in [-0.1, -0.05) is 121 Å². The van der Waals surface area contributed by atoms with Crippen molar-refractivity contribution in [1.29, 1.82) is 0 Å². The summed E-state index contributed by atoms with van der Waals surface area (Å²) in [6, 6.07) is 50.2. The van der Waals surface area contributed by atoms with E-state index >= 15 is 0 Å². The Hall–Kier alpha value is -5.99. The molecule has 404 valence electrons. The van der Waals surface area contributed by atoms with Crippen LogP contribution < -0.4 is 24.0 Å². The lowest BCUT2D eigenvalue weighted by atomic mass is 9.68. The van der Waals surface area contributed by atoms with E-state index in [4.69, 9.17) is 14.2 Å². The fourth-order valence-electron chi connectivity index (χ4n) is 9.59. The number of imide groups is 2. The molecule has 4 amide bonds. The van der Waals surface area contributed by atoms with Crippen LogP contribution >= 0.6 is 57.6 Å². The number of aliphatic hydroxyl groups is 1. The minimum atomic E-state index is -0.766. The molecule has 0 fully saturated rings. The third-order valence-electron chi connectivity index (χ3n) is 13.0. The molecule has 2 aliphatic heterocycles. The Morgan fingerprint density at radius 2 is 0.924 bits per heavy atom. The van der Waals surface area contributed by atoms with Gasteiger partial charge in [-0.25, -0.2) is 9.80 Å². The molecule has 0 spiro atoms. The van der Waals surface area contributed by atoms with Crippen LogP contribution in [0.2, 0.25) is 0 Å². The first kappa shape index (κ1) is 59.1. The number of benzene rings is 8. The van der Waals surface area contributed by atoms with Gasteiger partial charge in [0.2, 0.25) is 0 Å². The minimum Gasteiger partial charge on any atom is -0.508 e. The van der Waals surface area contributed by atoms with Gasteiger partial charge in [-0.05, 0) is 126 Å². The summed E-state index contributed by atoms with van der Waals surface area (Å²) in [5.74, 6) is -0.651. The van der Waals surface area contributed by atoms with Crippen LogP contribution in [0.15, 0.2) is 170 Å². The smallest absolute Gasteiger partial charge is 0.266 e. The van der Waals surface area contributed by atoms with Crippen molar-refractivity contribution in [3.05, 3.63) is 220 Å². The number of hydrogen-bond acceptors (Lipinski definition) is 10. The Morgan fingerprint density at radius 1 is 0.519 bits per heavy atom. The second kappa shape index (κ2) is 26.1. The summed E-state index contributed by atoms with van der Waals surface area (Å²) in [7, 11) is 13.8. The van der Waals surface area contributed by atoms with Gasteiger partial charge >= 0.3 is 0 Å². The van der Waals surface area contributed by atoms with E-state index < -0.39 is 35.7 Å². The molecule has 0 radical (unpaired) electrons. The fourth-order valence-corrected chi connectivity index (χ4v) is 25.7. The van der Waals surface area contributed by atoms with E-state index in [2.05, 4.69) is 73.8 Å². The number of phenols is 2. The maximum atomic E-state index is 13.6. The molecule has 12 nitrogen and oxygen atoms in total. The maximum Gasteiger partial charge on any atom is 0.266 e. The number of fused-ring (bicyclic) bond motifs is 5. The van der Waals surface area contributed by atoms with Crippen molar-refractivity contribution in [1.82, 2.24) is 0 Å². The molecule has 11 rings (SSSR count). The van der Waals surface area contributed by atoms with Gasteiger partial charge in [-0.3, -0.25) is 19.2 Å². The van der Waals surface area contributed by atoms with Gasteiger partial charge < -0.3 is 29.5 Å². The highest BCUT2D eigenvalue weighted by Crippen LogP contribution is 2.92. The summed E-state index contributed by atoms with van der Waals surface area (Å²) in [6.07, 6.45) is 1.25.